The van der Waals surface area contributed by atoms with Crippen molar-refractivity contribution in [2.75, 3.05) is 13.7 Å². The first-order valence-corrected chi connectivity index (χ1v) is 5.06. The van der Waals surface area contributed by atoms with Crippen LogP contribution in [0.2, 0.25) is 0 Å². The highest BCUT2D eigenvalue weighted by molar-refractivity contribution is 5.80. The zero-order chi connectivity index (χ0) is 12.8. The first-order chi connectivity index (χ1) is 8.08. The Morgan fingerprint density at radius 1 is 1.65 bits per heavy atom. The zero-order valence-corrected chi connectivity index (χ0v) is 9.44. The number of nitrogens with two attached hydrogens (primary N) is 1. The largest absolute Gasteiger partial charge is 0.494 e. The first kappa shape index (κ1) is 13.4. The van der Waals surface area contributed by atoms with E-state index in [9.17, 15) is 9.18 Å². The molecule has 0 saturated heterocycles. The maximum absolute atomic E-state index is 13.3. The molecule has 6 heteroatoms. The van der Waals surface area contributed by atoms with E-state index in [1.54, 1.807) is 6.07 Å². The number of carbonyl (C=O) groups is 1. The smallest absolute Gasteiger partial charge is 0.250 e. The van der Waals surface area contributed by atoms with Gasteiger partial charge in [-0.2, -0.15) is 0 Å². The number of benzene rings is 1. The van der Waals surface area contributed by atoms with Crippen molar-refractivity contribution in [3.05, 3.63) is 29.6 Å². The van der Waals surface area contributed by atoms with Crippen LogP contribution in [-0.4, -0.2) is 30.8 Å². The highest BCUT2D eigenvalue weighted by Gasteiger charge is 2.12. The van der Waals surface area contributed by atoms with Gasteiger partial charge in [-0.15, -0.1) is 0 Å². The molecule has 4 N–H and O–H groups in total. The van der Waals surface area contributed by atoms with Crippen LogP contribution in [0.25, 0.3) is 0 Å². The van der Waals surface area contributed by atoms with E-state index in [1.807, 2.05) is 0 Å². The molecule has 0 saturated carbocycles. The molecule has 0 radical (unpaired) electrons. The highest BCUT2D eigenvalue weighted by Crippen LogP contribution is 2.17. The molecule has 0 fully saturated rings. The molecule has 17 heavy (non-hydrogen) atoms. The summed E-state index contributed by atoms with van der Waals surface area (Å²) in [5.41, 5.74) is 5.69. The monoisotopic (exact) mass is 242 g/mol. The predicted octanol–water partition coefficient (Wildman–Crippen LogP) is -0.230. The lowest BCUT2D eigenvalue weighted by molar-refractivity contribution is -0.128. The van der Waals surface area contributed by atoms with Gasteiger partial charge in [-0.05, 0) is 17.7 Å². The van der Waals surface area contributed by atoms with Crippen molar-refractivity contribution in [2.24, 2.45) is 5.73 Å². The van der Waals surface area contributed by atoms with E-state index in [0.717, 1.165) is 0 Å². The summed E-state index contributed by atoms with van der Waals surface area (Å²) in [6.07, 6.45) is -1.24. The van der Waals surface area contributed by atoms with Crippen molar-refractivity contribution in [3.63, 3.8) is 0 Å². The van der Waals surface area contributed by atoms with Crippen LogP contribution in [-0.2, 0) is 11.3 Å². The number of amides is 1. The van der Waals surface area contributed by atoms with E-state index < -0.39 is 17.8 Å². The summed E-state index contributed by atoms with van der Waals surface area (Å²) in [6, 6.07) is 4.35. The van der Waals surface area contributed by atoms with Crippen LogP contribution in [0.1, 0.15) is 5.56 Å². The fourth-order valence-electron chi connectivity index (χ4n) is 1.23. The maximum Gasteiger partial charge on any atom is 0.250 e. The van der Waals surface area contributed by atoms with Gasteiger partial charge >= 0.3 is 0 Å². The molecule has 0 bridgehead atoms. The summed E-state index contributed by atoms with van der Waals surface area (Å²) in [6.45, 7) is -0.0282. The molecular formula is C11H15FN2O3. The van der Waals surface area contributed by atoms with Crippen molar-refractivity contribution < 1.29 is 19.0 Å². The number of aliphatic hydroxyl groups is 1. The van der Waals surface area contributed by atoms with Crippen LogP contribution < -0.4 is 15.8 Å². The molecule has 94 valence electrons. The fraction of sp³-hybridized carbons (Fsp3) is 0.364. The molecule has 1 aromatic carbocycles. The number of rotatable bonds is 5. The standard InChI is InChI=1S/C11H15FN2O3/c1-17-10-3-2-7(4-8(10)12)6-14-11(16)9(15)5-13/h2-4,9,15H,5-6,13H2,1H3,(H,14,16). The summed E-state index contributed by atoms with van der Waals surface area (Å²) in [5.74, 6) is -0.940. The van der Waals surface area contributed by atoms with Crippen molar-refractivity contribution in [1.82, 2.24) is 5.32 Å². The third-order valence-electron chi connectivity index (χ3n) is 2.21. The minimum absolute atomic E-state index is 0.122. The molecule has 0 aliphatic carbocycles. The number of aliphatic hydroxyl groups excluding tert-OH is 1. The van der Waals surface area contributed by atoms with E-state index in [0.29, 0.717) is 5.56 Å². The van der Waals surface area contributed by atoms with E-state index in [2.05, 4.69) is 5.32 Å². The molecular weight excluding hydrogens is 227 g/mol. The molecule has 1 amide bonds. The van der Waals surface area contributed by atoms with E-state index in [-0.39, 0.29) is 18.8 Å². The molecule has 0 spiro atoms. The summed E-state index contributed by atoms with van der Waals surface area (Å²) >= 11 is 0. The van der Waals surface area contributed by atoms with Crippen LogP contribution in [0.4, 0.5) is 4.39 Å². The number of carbonyl (C=O) groups excluding carboxylic acids is 1. The summed E-state index contributed by atoms with van der Waals surface area (Å²) < 4.78 is 18.1. The van der Waals surface area contributed by atoms with Crippen molar-refractivity contribution >= 4 is 5.91 Å². The number of halogens is 1. The molecule has 1 aromatic rings. The average Bonchev–Trinajstić information content (AvgIpc) is 2.35. The van der Waals surface area contributed by atoms with Crippen LogP contribution in [0.3, 0.4) is 0 Å². The van der Waals surface area contributed by atoms with E-state index in [1.165, 1.54) is 19.2 Å². The number of hydrogen-bond donors (Lipinski definition) is 3. The van der Waals surface area contributed by atoms with Crippen molar-refractivity contribution in [1.29, 1.82) is 0 Å². The summed E-state index contributed by atoms with van der Waals surface area (Å²) in [7, 11) is 1.37. The van der Waals surface area contributed by atoms with Crippen LogP contribution >= 0.6 is 0 Å². The molecule has 1 atom stereocenters. The second-order valence-corrected chi connectivity index (χ2v) is 3.44. The van der Waals surface area contributed by atoms with Crippen LogP contribution in [0, 0.1) is 5.82 Å². The van der Waals surface area contributed by atoms with Gasteiger partial charge < -0.3 is 20.9 Å². The molecule has 0 aromatic heterocycles. The van der Waals surface area contributed by atoms with Crippen molar-refractivity contribution in [2.45, 2.75) is 12.6 Å². The van der Waals surface area contributed by atoms with Crippen LogP contribution in [0.15, 0.2) is 18.2 Å². The van der Waals surface area contributed by atoms with Crippen molar-refractivity contribution in [3.8, 4) is 5.75 Å². The number of methoxy groups -OCH3 is 1. The second kappa shape index (κ2) is 6.17. The molecule has 5 nitrogen and oxygen atoms in total. The quantitative estimate of drug-likeness (QED) is 0.666. The van der Waals surface area contributed by atoms with Crippen LogP contribution in [0.5, 0.6) is 5.75 Å². The lowest BCUT2D eigenvalue weighted by Gasteiger charge is -2.10. The SMILES string of the molecule is COc1ccc(CNC(=O)C(O)CN)cc1F. The minimum atomic E-state index is -1.24. The Bertz CT molecular complexity index is 398. The molecule has 0 aliphatic rings. The summed E-state index contributed by atoms with van der Waals surface area (Å²) in [4.78, 5) is 11.2. The lowest BCUT2D eigenvalue weighted by Crippen LogP contribution is -2.38. The number of nitrogens with one attached hydrogen (secondary N) is 1. The van der Waals surface area contributed by atoms with Gasteiger partial charge in [-0.25, -0.2) is 4.39 Å². The Morgan fingerprint density at radius 3 is 2.88 bits per heavy atom. The Hall–Kier alpha value is -1.66. The zero-order valence-electron chi connectivity index (χ0n) is 9.44. The topological polar surface area (TPSA) is 84.6 Å². The normalized spacial score (nSPS) is 12.0. The molecule has 1 unspecified atom stereocenters. The molecule has 1 rings (SSSR count). The Morgan fingerprint density at radius 2 is 2.35 bits per heavy atom. The van der Waals surface area contributed by atoms with Gasteiger partial charge in [0.15, 0.2) is 11.6 Å². The first-order valence-electron chi connectivity index (χ1n) is 5.06. The van der Waals surface area contributed by atoms with Gasteiger partial charge in [0.2, 0.25) is 5.91 Å². The second-order valence-electron chi connectivity index (χ2n) is 3.44. The number of hydrogen-bond acceptors (Lipinski definition) is 4. The number of ether oxygens (including phenoxy) is 1. The highest BCUT2D eigenvalue weighted by atomic mass is 19.1. The molecule has 0 heterocycles. The van der Waals surface area contributed by atoms with E-state index in [4.69, 9.17) is 15.6 Å². The average molecular weight is 242 g/mol. The third kappa shape index (κ3) is 3.69. The van der Waals surface area contributed by atoms with Gasteiger partial charge in [0, 0.05) is 13.1 Å². The van der Waals surface area contributed by atoms with Gasteiger partial charge in [-0.1, -0.05) is 6.07 Å². The fourth-order valence-corrected chi connectivity index (χ4v) is 1.23. The van der Waals surface area contributed by atoms with Gasteiger partial charge in [-0.3, -0.25) is 4.79 Å². The van der Waals surface area contributed by atoms with Gasteiger partial charge in [0.05, 0.1) is 7.11 Å². The summed E-state index contributed by atoms with van der Waals surface area (Å²) in [5, 5.41) is 11.5. The van der Waals surface area contributed by atoms with E-state index >= 15 is 0 Å². The molecule has 0 aliphatic heterocycles. The van der Waals surface area contributed by atoms with Gasteiger partial charge in [0.1, 0.15) is 6.10 Å². The lowest BCUT2D eigenvalue weighted by atomic mass is 10.2. The maximum atomic E-state index is 13.3. The Balaban J connectivity index is 2.58. The predicted molar refractivity (Wildman–Crippen MR) is 59.9 cm³/mol. The minimum Gasteiger partial charge on any atom is -0.494 e. The Labute approximate surface area is 98.4 Å². The van der Waals surface area contributed by atoms with Gasteiger partial charge in [0.25, 0.3) is 0 Å². The Kier molecular flexibility index (Phi) is 4.86. The third-order valence-corrected chi connectivity index (χ3v) is 2.21.